The summed E-state index contributed by atoms with van der Waals surface area (Å²) in [6, 6.07) is 31.8. The van der Waals surface area contributed by atoms with Crippen molar-refractivity contribution in [1.82, 2.24) is 5.32 Å². The van der Waals surface area contributed by atoms with Crippen molar-refractivity contribution in [2.24, 2.45) is 0 Å². The summed E-state index contributed by atoms with van der Waals surface area (Å²) in [6.07, 6.45) is 2.08. The quantitative estimate of drug-likeness (QED) is 0.210. The molecule has 0 spiro atoms. The van der Waals surface area contributed by atoms with E-state index in [1.165, 1.54) is 11.1 Å². The highest BCUT2D eigenvalue weighted by molar-refractivity contribution is 9.10. The van der Waals surface area contributed by atoms with E-state index >= 15 is 0 Å². The summed E-state index contributed by atoms with van der Waals surface area (Å²) in [5.74, 6) is 1.64. The maximum absolute atomic E-state index is 6.36. The molecule has 0 radical (unpaired) electrons. The van der Waals surface area contributed by atoms with E-state index in [1.54, 1.807) is 0 Å². The van der Waals surface area contributed by atoms with E-state index in [9.17, 15) is 0 Å². The fraction of sp³-hybridized carbons (Fsp3) is 0.273. The van der Waals surface area contributed by atoms with Gasteiger partial charge in [0.05, 0.1) is 0 Å². The summed E-state index contributed by atoms with van der Waals surface area (Å²) in [7, 11) is 0. The van der Waals surface area contributed by atoms with E-state index in [1.807, 2.05) is 18.2 Å². The zero-order chi connectivity index (χ0) is 26.2. The van der Waals surface area contributed by atoms with Crippen LogP contribution in [0, 0.1) is 6.92 Å². The second-order valence-corrected chi connectivity index (χ2v) is 10.5. The van der Waals surface area contributed by atoms with Crippen molar-refractivity contribution in [3.05, 3.63) is 118 Å². The van der Waals surface area contributed by atoms with Crippen LogP contribution >= 0.6 is 15.9 Å². The number of rotatable bonds is 10. The van der Waals surface area contributed by atoms with Crippen LogP contribution in [0.5, 0.6) is 11.5 Å². The minimum Gasteiger partial charge on any atom is -0.489 e. The lowest BCUT2D eigenvalue weighted by atomic mass is 10.0. The molecule has 0 unspecified atom stereocenters. The Morgan fingerprint density at radius 2 is 1.63 bits per heavy atom. The zero-order valence-electron chi connectivity index (χ0n) is 21.8. The lowest BCUT2D eigenvalue weighted by Gasteiger charge is -2.24. The highest BCUT2D eigenvalue weighted by Gasteiger charge is 2.15. The van der Waals surface area contributed by atoms with Gasteiger partial charge in [-0.3, -0.25) is 0 Å². The molecule has 1 aliphatic heterocycles. The fourth-order valence-corrected chi connectivity index (χ4v) is 5.32. The number of benzene rings is 4. The first-order chi connectivity index (χ1) is 18.7. The summed E-state index contributed by atoms with van der Waals surface area (Å²) in [5, 5.41) is 3.69. The molecule has 38 heavy (non-hydrogen) atoms. The number of aryl methyl sites for hydroxylation is 1. The van der Waals surface area contributed by atoms with Crippen LogP contribution < -0.4 is 14.8 Å². The monoisotopic (exact) mass is 571 g/mol. The van der Waals surface area contributed by atoms with Gasteiger partial charge in [0.1, 0.15) is 24.7 Å². The molecule has 5 rings (SSSR count). The van der Waals surface area contributed by atoms with Crippen molar-refractivity contribution in [2.45, 2.75) is 45.6 Å². The van der Waals surface area contributed by atoms with E-state index in [4.69, 9.17) is 14.2 Å². The van der Waals surface area contributed by atoms with Crippen molar-refractivity contribution < 1.29 is 14.2 Å². The third-order valence-corrected chi connectivity index (χ3v) is 7.81. The largest absolute Gasteiger partial charge is 0.489 e. The van der Waals surface area contributed by atoms with Gasteiger partial charge in [0.2, 0.25) is 0 Å². The zero-order valence-corrected chi connectivity index (χ0v) is 23.4. The molecule has 4 aromatic rings. The van der Waals surface area contributed by atoms with Gasteiger partial charge < -0.3 is 19.5 Å². The Morgan fingerprint density at radius 1 is 0.816 bits per heavy atom. The van der Waals surface area contributed by atoms with Crippen LogP contribution in [-0.4, -0.2) is 19.3 Å². The van der Waals surface area contributed by atoms with Gasteiger partial charge in [0.15, 0.2) is 0 Å². The van der Waals surface area contributed by atoms with E-state index < -0.39 is 0 Å². The van der Waals surface area contributed by atoms with Crippen molar-refractivity contribution in [1.29, 1.82) is 0 Å². The van der Waals surface area contributed by atoms with E-state index in [-0.39, 0.29) is 0 Å². The number of hydrogen-bond acceptors (Lipinski definition) is 4. The van der Waals surface area contributed by atoms with Crippen LogP contribution in [0.3, 0.4) is 0 Å². The molecule has 1 N–H and O–H groups in total. The Balaban J connectivity index is 1.31. The van der Waals surface area contributed by atoms with Crippen LogP contribution in [0.4, 0.5) is 0 Å². The lowest BCUT2D eigenvalue weighted by molar-refractivity contribution is 0.0775. The highest BCUT2D eigenvalue weighted by Crippen LogP contribution is 2.32. The molecule has 196 valence electrons. The first-order valence-corrected chi connectivity index (χ1v) is 14.0. The van der Waals surface area contributed by atoms with Crippen LogP contribution in [0.15, 0.2) is 95.5 Å². The molecule has 1 heterocycles. The normalized spacial score (nSPS) is 13.8. The Morgan fingerprint density at radius 3 is 2.45 bits per heavy atom. The van der Waals surface area contributed by atoms with Crippen molar-refractivity contribution in [3.63, 3.8) is 0 Å². The predicted molar refractivity (Wildman–Crippen MR) is 157 cm³/mol. The molecule has 0 aliphatic carbocycles. The lowest BCUT2D eigenvalue weighted by Crippen LogP contribution is -2.34. The van der Waals surface area contributed by atoms with Gasteiger partial charge >= 0.3 is 0 Å². The topological polar surface area (TPSA) is 39.7 Å². The summed E-state index contributed by atoms with van der Waals surface area (Å²) < 4.78 is 19.2. The Hall–Kier alpha value is -3.12. The molecular weight excluding hydrogens is 538 g/mol. The van der Waals surface area contributed by atoms with Crippen LogP contribution in [0.2, 0.25) is 0 Å². The molecule has 1 saturated heterocycles. The van der Waals surface area contributed by atoms with Crippen LogP contribution in [0.1, 0.15) is 35.1 Å². The molecule has 4 aromatic carbocycles. The second-order valence-electron chi connectivity index (χ2n) is 9.75. The molecule has 0 aromatic heterocycles. The predicted octanol–water partition coefficient (Wildman–Crippen LogP) is 7.85. The number of hydrogen-bond donors (Lipinski definition) is 1. The maximum atomic E-state index is 6.36. The number of nitrogens with one attached hydrogen (secondary N) is 1. The van der Waals surface area contributed by atoms with Gasteiger partial charge in [0.25, 0.3) is 0 Å². The molecule has 0 saturated carbocycles. The van der Waals surface area contributed by atoms with Gasteiger partial charge in [-0.05, 0) is 58.5 Å². The average molecular weight is 573 g/mol. The minimum atomic E-state index is 0.457. The third-order valence-electron chi connectivity index (χ3n) is 6.88. The fourth-order valence-electron chi connectivity index (χ4n) is 4.72. The first-order valence-electron chi connectivity index (χ1n) is 13.2. The Labute approximate surface area is 234 Å². The van der Waals surface area contributed by atoms with Gasteiger partial charge in [-0.25, -0.2) is 0 Å². The van der Waals surface area contributed by atoms with Gasteiger partial charge in [-0.15, -0.1) is 0 Å². The summed E-state index contributed by atoms with van der Waals surface area (Å²) in [6.45, 7) is 5.47. The van der Waals surface area contributed by atoms with Gasteiger partial charge in [-0.1, -0.05) is 84.4 Å². The Kier molecular flexibility index (Phi) is 9.13. The molecule has 4 nitrogen and oxygen atoms in total. The third kappa shape index (κ3) is 7.04. The Bertz CT molecular complexity index is 1340. The molecule has 1 aliphatic rings. The second kappa shape index (κ2) is 13.1. The average Bonchev–Trinajstić information content (AvgIpc) is 2.96. The number of halogens is 1. The van der Waals surface area contributed by atoms with E-state index in [0.717, 1.165) is 70.8 Å². The van der Waals surface area contributed by atoms with E-state index in [0.29, 0.717) is 19.3 Å². The molecule has 0 bridgehead atoms. The molecule has 0 amide bonds. The summed E-state index contributed by atoms with van der Waals surface area (Å²) in [5.41, 5.74) is 6.94. The smallest absolute Gasteiger partial charge is 0.127 e. The van der Waals surface area contributed by atoms with Crippen LogP contribution in [-0.2, 0) is 24.5 Å². The van der Waals surface area contributed by atoms with Gasteiger partial charge in [0, 0.05) is 47.5 Å². The molecule has 5 heteroatoms. The molecule has 0 atom stereocenters. The minimum absolute atomic E-state index is 0.457. The van der Waals surface area contributed by atoms with Gasteiger partial charge in [-0.2, -0.15) is 0 Å². The SMILES string of the molecule is Cc1cccc(COc2cc(OCc3cccc(-c4ccccc4)c3Br)ccc2CNC2CCOCC2)c1. The van der Waals surface area contributed by atoms with E-state index in [2.05, 4.69) is 101 Å². The number of ether oxygens (including phenoxy) is 3. The van der Waals surface area contributed by atoms with Crippen molar-refractivity contribution >= 4 is 15.9 Å². The van der Waals surface area contributed by atoms with Crippen molar-refractivity contribution in [3.8, 4) is 22.6 Å². The summed E-state index contributed by atoms with van der Waals surface area (Å²) in [4.78, 5) is 0. The molecular formula is C33H34BrNO3. The van der Waals surface area contributed by atoms with Crippen molar-refractivity contribution in [2.75, 3.05) is 13.2 Å². The van der Waals surface area contributed by atoms with Crippen LogP contribution in [0.25, 0.3) is 11.1 Å². The highest BCUT2D eigenvalue weighted by atomic mass is 79.9. The summed E-state index contributed by atoms with van der Waals surface area (Å²) >= 11 is 3.81. The molecule has 1 fully saturated rings. The maximum Gasteiger partial charge on any atom is 0.127 e. The first kappa shape index (κ1) is 26.5. The standard InChI is InChI=1S/C33H34BrNO3/c1-24-7-5-8-25(19-24)22-38-32-20-30(14-13-27(32)21-35-29-15-17-36-18-16-29)37-23-28-11-6-12-31(33(28)34)26-9-3-2-4-10-26/h2-14,19-20,29,35H,15-18,21-23H2,1H3.